The number of rotatable bonds is 4. The van der Waals surface area contributed by atoms with Crippen molar-refractivity contribution >= 4 is 17.3 Å². The fraction of sp³-hybridized carbons (Fsp3) is 0.278. The lowest BCUT2D eigenvalue weighted by molar-refractivity contribution is -0.117. The second-order valence-electron chi connectivity index (χ2n) is 5.54. The smallest absolute Gasteiger partial charge is 0.227 e. The molecule has 3 heteroatoms. The normalized spacial score (nSPS) is 14.5. The van der Waals surface area contributed by atoms with Gasteiger partial charge in [0.2, 0.25) is 5.91 Å². The van der Waals surface area contributed by atoms with E-state index in [9.17, 15) is 4.79 Å². The first-order chi connectivity index (χ1) is 10.2. The molecule has 1 amide bonds. The van der Waals surface area contributed by atoms with E-state index in [0.29, 0.717) is 6.42 Å². The Morgan fingerprint density at radius 2 is 1.95 bits per heavy atom. The van der Waals surface area contributed by atoms with E-state index in [1.54, 1.807) is 0 Å². The van der Waals surface area contributed by atoms with Crippen LogP contribution in [-0.4, -0.2) is 12.5 Å². The molecule has 0 bridgehead atoms. The number of nitrogens with one attached hydrogen (secondary N) is 1. The van der Waals surface area contributed by atoms with Crippen molar-refractivity contribution in [2.24, 2.45) is 0 Å². The first-order valence-corrected chi connectivity index (χ1v) is 7.42. The maximum Gasteiger partial charge on any atom is 0.227 e. The largest absolute Gasteiger partial charge is 0.381 e. The summed E-state index contributed by atoms with van der Waals surface area (Å²) in [6, 6.07) is 16.6. The van der Waals surface area contributed by atoms with E-state index in [1.807, 2.05) is 23.1 Å². The van der Waals surface area contributed by atoms with Gasteiger partial charge in [-0.1, -0.05) is 35.9 Å². The van der Waals surface area contributed by atoms with E-state index < -0.39 is 0 Å². The van der Waals surface area contributed by atoms with Gasteiger partial charge in [0.05, 0.1) is 0 Å². The summed E-state index contributed by atoms with van der Waals surface area (Å²) in [5, 5.41) is 3.42. The van der Waals surface area contributed by atoms with Gasteiger partial charge in [-0.25, -0.2) is 0 Å². The van der Waals surface area contributed by atoms with Gasteiger partial charge in [0, 0.05) is 30.9 Å². The van der Waals surface area contributed by atoms with Gasteiger partial charge in [0.25, 0.3) is 0 Å². The fourth-order valence-corrected chi connectivity index (χ4v) is 2.61. The molecule has 3 nitrogen and oxygen atoms in total. The zero-order valence-electron chi connectivity index (χ0n) is 12.3. The molecule has 0 spiro atoms. The minimum absolute atomic E-state index is 0.227. The first kappa shape index (κ1) is 13.7. The Kier molecular flexibility index (Phi) is 3.91. The number of anilines is 2. The molecule has 0 radical (unpaired) electrons. The monoisotopic (exact) mass is 280 g/mol. The first-order valence-electron chi connectivity index (χ1n) is 7.42. The summed E-state index contributed by atoms with van der Waals surface area (Å²) in [7, 11) is 0. The SMILES string of the molecule is Cc1ccc(CNc2cccc(N3CCCC3=O)c2)cc1. The number of hydrogen-bond acceptors (Lipinski definition) is 2. The molecule has 3 rings (SSSR count). The topological polar surface area (TPSA) is 32.3 Å². The molecular weight excluding hydrogens is 260 g/mol. The quantitative estimate of drug-likeness (QED) is 0.925. The Bertz CT molecular complexity index is 634. The number of benzene rings is 2. The van der Waals surface area contributed by atoms with Crippen molar-refractivity contribution in [3.63, 3.8) is 0 Å². The lowest BCUT2D eigenvalue weighted by Gasteiger charge is -2.17. The van der Waals surface area contributed by atoms with E-state index in [2.05, 4.69) is 42.6 Å². The van der Waals surface area contributed by atoms with E-state index in [4.69, 9.17) is 0 Å². The summed E-state index contributed by atoms with van der Waals surface area (Å²) in [4.78, 5) is 13.7. The third-order valence-corrected chi connectivity index (χ3v) is 3.85. The molecule has 1 saturated heterocycles. The molecule has 0 atom stereocenters. The molecule has 1 aliphatic rings. The van der Waals surface area contributed by atoms with Crippen LogP contribution in [0.15, 0.2) is 48.5 Å². The number of carbonyl (C=O) groups excluding carboxylic acids is 1. The Balaban J connectivity index is 1.68. The van der Waals surface area contributed by atoms with Crippen LogP contribution in [0.1, 0.15) is 24.0 Å². The molecule has 108 valence electrons. The second-order valence-corrected chi connectivity index (χ2v) is 5.54. The highest BCUT2D eigenvalue weighted by Crippen LogP contribution is 2.24. The second kappa shape index (κ2) is 6.00. The Labute approximate surface area is 125 Å². The lowest BCUT2D eigenvalue weighted by Crippen LogP contribution is -2.23. The van der Waals surface area contributed by atoms with Crippen molar-refractivity contribution in [1.29, 1.82) is 0 Å². The molecule has 1 aliphatic heterocycles. The van der Waals surface area contributed by atoms with Crippen molar-refractivity contribution in [3.8, 4) is 0 Å². The van der Waals surface area contributed by atoms with Gasteiger partial charge in [-0.05, 0) is 37.1 Å². The predicted octanol–water partition coefficient (Wildman–Crippen LogP) is 3.73. The minimum Gasteiger partial charge on any atom is -0.381 e. The Hall–Kier alpha value is -2.29. The van der Waals surface area contributed by atoms with Gasteiger partial charge >= 0.3 is 0 Å². The van der Waals surface area contributed by atoms with Gasteiger partial charge in [-0.2, -0.15) is 0 Å². The van der Waals surface area contributed by atoms with Gasteiger partial charge in [-0.3, -0.25) is 4.79 Å². The molecule has 1 N–H and O–H groups in total. The maximum atomic E-state index is 11.8. The van der Waals surface area contributed by atoms with Crippen LogP contribution in [0.4, 0.5) is 11.4 Å². The summed E-state index contributed by atoms with van der Waals surface area (Å²) in [5.74, 6) is 0.227. The van der Waals surface area contributed by atoms with Crippen LogP contribution in [-0.2, 0) is 11.3 Å². The summed E-state index contributed by atoms with van der Waals surface area (Å²) >= 11 is 0. The Morgan fingerprint density at radius 3 is 2.67 bits per heavy atom. The van der Waals surface area contributed by atoms with Crippen LogP contribution >= 0.6 is 0 Å². The van der Waals surface area contributed by atoms with Crippen molar-refractivity contribution in [2.45, 2.75) is 26.3 Å². The van der Waals surface area contributed by atoms with E-state index in [0.717, 1.165) is 30.9 Å². The number of nitrogens with zero attached hydrogens (tertiary/aromatic N) is 1. The highest BCUT2D eigenvalue weighted by atomic mass is 16.2. The number of hydrogen-bond donors (Lipinski definition) is 1. The van der Waals surface area contributed by atoms with Gasteiger partial charge < -0.3 is 10.2 Å². The van der Waals surface area contributed by atoms with Crippen molar-refractivity contribution in [1.82, 2.24) is 0 Å². The van der Waals surface area contributed by atoms with Crippen molar-refractivity contribution in [2.75, 3.05) is 16.8 Å². The highest BCUT2D eigenvalue weighted by molar-refractivity contribution is 5.95. The molecule has 0 unspecified atom stereocenters. The molecule has 2 aromatic rings. The number of amides is 1. The van der Waals surface area contributed by atoms with Gasteiger partial charge in [0.1, 0.15) is 0 Å². The fourth-order valence-electron chi connectivity index (χ4n) is 2.61. The van der Waals surface area contributed by atoms with Gasteiger partial charge in [0.15, 0.2) is 0 Å². The van der Waals surface area contributed by atoms with E-state index in [1.165, 1.54) is 11.1 Å². The Morgan fingerprint density at radius 1 is 1.14 bits per heavy atom. The van der Waals surface area contributed by atoms with Crippen molar-refractivity contribution in [3.05, 3.63) is 59.7 Å². The van der Waals surface area contributed by atoms with Crippen LogP contribution in [0.2, 0.25) is 0 Å². The van der Waals surface area contributed by atoms with Crippen LogP contribution in [0.25, 0.3) is 0 Å². The molecule has 2 aromatic carbocycles. The van der Waals surface area contributed by atoms with E-state index >= 15 is 0 Å². The maximum absolute atomic E-state index is 11.8. The summed E-state index contributed by atoms with van der Waals surface area (Å²) in [6.07, 6.45) is 1.63. The number of aryl methyl sites for hydroxylation is 1. The zero-order valence-corrected chi connectivity index (χ0v) is 12.3. The molecule has 0 saturated carbocycles. The summed E-state index contributed by atoms with van der Waals surface area (Å²) in [5.41, 5.74) is 4.57. The average Bonchev–Trinajstić information content (AvgIpc) is 2.93. The van der Waals surface area contributed by atoms with Crippen molar-refractivity contribution < 1.29 is 4.79 Å². The third-order valence-electron chi connectivity index (χ3n) is 3.85. The van der Waals surface area contributed by atoms with Crippen LogP contribution in [0.5, 0.6) is 0 Å². The zero-order chi connectivity index (χ0) is 14.7. The molecule has 1 heterocycles. The third kappa shape index (κ3) is 3.24. The van der Waals surface area contributed by atoms with Gasteiger partial charge in [-0.15, -0.1) is 0 Å². The lowest BCUT2D eigenvalue weighted by atomic mass is 10.1. The molecular formula is C18H20N2O. The molecule has 1 fully saturated rings. The summed E-state index contributed by atoms with van der Waals surface area (Å²) in [6.45, 7) is 3.71. The molecule has 0 aromatic heterocycles. The van der Waals surface area contributed by atoms with Crippen LogP contribution in [0, 0.1) is 6.92 Å². The van der Waals surface area contributed by atoms with E-state index in [-0.39, 0.29) is 5.91 Å². The highest BCUT2D eigenvalue weighted by Gasteiger charge is 2.21. The standard InChI is InChI=1S/C18H20N2O/c1-14-7-9-15(10-8-14)13-19-16-4-2-5-17(12-16)20-11-3-6-18(20)21/h2,4-5,7-10,12,19H,3,6,11,13H2,1H3. The molecule has 0 aliphatic carbocycles. The summed E-state index contributed by atoms with van der Waals surface area (Å²) < 4.78 is 0. The predicted molar refractivity (Wildman–Crippen MR) is 86.5 cm³/mol. The van der Waals surface area contributed by atoms with Crippen LogP contribution < -0.4 is 10.2 Å². The molecule has 21 heavy (non-hydrogen) atoms. The minimum atomic E-state index is 0.227. The van der Waals surface area contributed by atoms with Crippen LogP contribution in [0.3, 0.4) is 0 Å². The average molecular weight is 280 g/mol. The number of carbonyl (C=O) groups is 1.